The van der Waals surface area contributed by atoms with Crippen LogP contribution in [0.25, 0.3) is 11.3 Å². The van der Waals surface area contributed by atoms with E-state index < -0.39 is 9.52 Å². The minimum Gasteiger partial charge on any atom is -0.489 e. The van der Waals surface area contributed by atoms with Gasteiger partial charge in [-0.2, -0.15) is 0 Å². The van der Waals surface area contributed by atoms with Gasteiger partial charge in [-0.15, -0.1) is 23.2 Å². The SMILES string of the molecule is ClC(Cl)[SiH2]c1ccc(COc2cccc(-c3ccccn3)c2)cc1. The summed E-state index contributed by atoms with van der Waals surface area (Å²) in [4.78, 5) is 4.37. The Hall–Kier alpha value is -1.81. The zero-order chi connectivity index (χ0) is 16.8. The second-order valence-electron chi connectivity index (χ2n) is 5.44. The summed E-state index contributed by atoms with van der Waals surface area (Å²) in [6.45, 7) is 0.526. The Balaban J connectivity index is 1.64. The van der Waals surface area contributed by atoms with Crippen molar-refractivity contribution in [3.63, 3.8) is 0 Å². The van der Waals surface area contributed by atoms with Crippen molar-refractivity contribution in [1.82, 2.24) is 4.98 Å². The summed E-state index contributed by atoms with van der Waals surface area (Å²) in [5, 5.41) is 1.26. The number of rotatable bonds is 6. The van der Waals surface area contributed by atoms with E-state index in [1.54, 1.807) is 6.20 Å². The number of nitrogens with zero attached hydrogens (tertiary/aromatic N) is 1. The molecule has 2 aromatic carbocycles. The average Bonchev–Trinajstić information content (AvgIpc) is 2.62. The Kier molecular flexibility index (Phi) is 5.91. The highest BCUT2D eigenvalue weighted by molar-refractivity contribution is 6.75. The topological polar surface area (TPSA) is 22.1 Å². The van der Waals surface area contributed by atoms with Gasteiger partial charge in [-0.1, -0.05) is 47.7 Å². The van der Waals surface area contributed by atoms with Gasteiger partial charge in [0.2, 0.25) is 0 Å². The van der Waals surface area contributed by atoms with E-state index in [-0.39, 0.29) is 4.46 Å². The zero-order valence-electron chi connectivity index (χ0n) is 13.0. The minimum absolute atomic E-state index is 0.235. The van der Waals surface area contributed by atoms with Crippen LogP contribution >= 0.6 is 23.2 Å². The minimum atomic E-state index is -0.609. The molecule has 5 heteroatoms. The molecule has 0 bridgehead atoms. The van der Waals surface area contributed by atoms with Crippen LogP contribution < -0.4 is 9.92 Å². The molecule has 0 atom stereocenters. The van der Waals surface area contributed by atoms with Gasteiger partial charge in [-0.05, 0) is 29.8 Å². The van der Waals surface area contributed by atoms with Gasteiger partial charge in [0.25, 0.3) is 0 Å². The largest absolute Gasteiger partial charge is 0.489 e. The maximum atomic E-state index is 5.91. The molecule has 0 N–H and O–H groups in total. The van der Waals surface area contributed by atoms with Gasteiger partial charge in [0, 0.05) is 11.8 Å². The molecular weight excluding hydrogens is 357 g/mol. The molecule has 24 heavy (non-hydrogen) atoms. The van der Waals surface area contributed by atoms with Crippen molar-refractivity contribution in [2.24, 2.45) is 0 Å². The molecule has 3 aromatic rings. The van der Waals surface area contributed by atoms with Gasteiger partial charge in [-0.25, -0.2) is 0 Å². The predicted octanol–water partition coefficient (Wildman–Crippen LogP) is 3.88. The summed E-state index contributed by atoms with van der Waals surface area (Å²) < 4.78 is 5.67. The van der Waals surface area contributed by atoms with E-state index in [9.17, 15) is 0 Å². The molecule has 0 aliphatic heterocycles. The lowest BCUT2D eigenvalue weighted by Crippen LogP contribution is -2.20. The first kappa shape index (κ1) is 17.0. The normalized spacial score (nSPS) is 11.3. The van der Waals surface area contributed by atoms with Gasteiger partial charge in [0.15, 0.2) is 0 Å². The van der Waals surface area contributed by atoms with Gasteiger partial charge < -0.3 is 4.74 Å². The van der Waals surface area contributed by atoms with Crippen LogP contribution in [0.15, 0.2) is 72.9 Å². The summed E-state index contributed by atoms with van der Waals surface area (Å²) >= 11 is 11.7. The fourth-order valence-corrected chi connectivity index (χ4v) is 4.33. The summed E-state index contributed by atoms with van der Waals surface area (Å²) in [5.41, 5.74) is 3.11. The highest BCUT2D eigenvalue weighted by atomic mass is 35.5. The summed E-state index contributed by atoms with van der Waals surface area (Å²) in [7, 11) is -0.609. The van der Waals surface area contributed by atoms with Gasteiger partial charge in [-0.3, -0.25) is 4.98 Å². The number of aromatic nitrogens is 1. The second kappa shape index (κ2) is 8.33. The van der Waals surface area contributed by atoms with Crippen molar-refractivity contribution in [1.29, 1.82) is 0 Å². The number of hydrogen-bond donors (Lipinski definition) is 0. The predicted molar refractivity (Wildman–Crippen MR) is 104 cm³/mol. The van der Waals surface area contributed by atoms with E-state index >= 15 is 0 Å². The third kappa shape index (κ3) is 4.84. The number of benzene rings is 2. The molecule has 0 saturated heterocycles. The number of ether oxygens (including phenoxy) is 1. The van der Waals surface area contributed by atoms with Crippen LogP contribution in [0.2, 0.25) is 0 Å². The summed E-state index contributed by atoms with van der Waals surface area (Å²) in [6, 6.07) is 22.2. The molecule has 0 saturated carbocycles. The zero-order valence-corrected chi connectivity index (χ0v) is 16.0. The number of pyridine rings is 1. The molecule has 0 aliphatic rings. The maximum Gasteiger partial charge on any atom is 0.120 e. The highest BCUT2D eigenvalue weighted by Gasteiger charge is 2.04. The van der Waals surface area contributed by atoms with E-state index in [0.29, 0.717) is 6.61 Å². The Labute approximate surface area is 154 Å². The Morgan fingerprint density at radius 2 is 1.79 bits per heavy atom. The van der Waals surface area contributed by atoms with Crippen LogP contribution in [0, 0.1) is 0 Å². The monoisotopic (exact) mass is 373 g/mol. The van der Waals surface area contributed by atoms with Crippen LogP contribution in [0.1, 0.15) is 5.56 Å². The van der Waals surface area contributed by atoms with Gasteiger partial charge in [0.05, 0.1) is 19.7 Å². The van der Waals surface area contributed by atoms with Crippen molar-refractivity contribution in [2.75, 3.05) is 0 Å². The third-order valence-electron chi connectivity index (χ3n) is 3.61. The summed E-state index contributed by atoms with van der Waals surface area (Å²) in [6.07, 6.45) is 1.79. The molecule has 0 unspecified atom stereocenters. The van der Waals surface area contributed by atoms with Crippen LogP contribution in [0.5, 0.6) is 5.75 Å². The molecule has 0 spiro atoms. The quantitative estimate of drug-likeness (QED) is 0.483. The van der Waals surface area contributed by atoms with Crippen molar-refractivity contribution < 1.29 is 4.74 Å². The molecule has 1 aromatic heterocycles. The molecule has 0 radical (unpaired) electrons. The molecule has 3 rings (SSSR count). The number of halogens is 2. The molecular formula is C19H17Cl2NOSi. The van der Waals surface area contributed by atoms with E-state index in [0.717, 1.165) is 22.6 Å². The first-order chi connectivity index (χ1) is 11.7. The number of hydrogen-bond acceptors (Lipinski definition) is 2. The fraction of sp³-hybridized carbons (Fsp3) is 0.105. The van der Waals surface area contributed by atoms with Crippen LogP contribution in [0.4, 0.5) is 0 Å². The van der Waals surface area contributed by atoms with Crippen LogP contribution in [0.3, 0.4) is 0 Å². The van der Waals surface area contributed by atoms with Crippen molar-refractivity contribution in [3.05, 3.63) is 78.5 Å². The van der Waals surface area contributed by atoms with Crippen molar-refractivity contribution in [2.45, 2.75) is 11.1 Å². The first-order valence-corrected chi connectivity index (χ1v) is 10.1. The second-order valence-corrected chi connectivity index (χ2v) is 9.80. The van der Waals surface area contributed by atoms with E-state index in [1.807, 2.05) is 42.5 Å². The summed E-state index contributed by atoms with van der Waals surface area (Å²) in [5.74, 6) is 0.832. The molecule has 2 nitrogen and oxygen atoms in total. The molecule has 122 valence electrons. The lowest BCUT2D eigenvalue weighted by Gasteiger charge is -2.09. The molecule has 1 heterocycles. The maximum absolute atomic E-state index is 5.91. The van der Waals surface area contributed by atoms with Crippen molar-refractivity contribution >= 4 is 37.9 Å². The third-order valence-corrected chi connectivity index (χ3v) is 5.79. The lowest BCUT2D eigenvalue weighted by atomic mass is 10.1. The Morgan fingerprint density at radius 1 is 0.958 bits per heavy atom. The van der Waals surface area contributed by atoms with E-state index in [2.05, 4.69) is 29.2 Å². The molecule has 0 amide bonds. The van der Waals surface area contributed by atoms with E-state index in [4.69, 9.17) is 27.9 Å². The number of alkyl halides is 2. The highest BCUT2D eigenvalue weighted by Crippen LogP contribution is 2.22. The van der Waals surface area contributed by atoms with Crippen molar-refractivity contribution in [3.8, 4) is 17.0 Å². The average molecular weight is 374 g/mol. The van der Waals surface area contributed by atoms with E-state index in [1.165, 1.54) is 5.19 Å². The Morgan fingerprint density at radius 3 is 2.50 bits per heavy atom. The molecule has 0 fully saturated rings. The molecule has 0 aliphatic carbocycles. The lowest BCUT2D eigenvalue weighted by molar-refractivity contribution is 0.306. The van der Waals surface area contributed by atoms with Crippen LogP contribution in [-0.2, 0) is 6.61 Å². The smallest absolute Gasteiger partial charge is 0.120 e. The van der Waals surface area contributed by atoms with Gasteiger partial charge >= 0.3 is 0 Å². The van der Waals surface area contributed by atoms with Gasteiger partial charge in [0.1, 0.15) is 12.4 Å². The van der Waals surface area contributed by atoms with Crippen LogP contribution in [-0.4, -0.2) is 19.0 Å². The fourth-order valence-electron chi connectivity index (χ4n) is 2.40. The Bertz CT molecular complexity index is 779. The standard InChI is InChI=1S/C19H17Cl2NOSi/c20-19(21)24-17-9-7-14(8-10-17)13-23-16-5-3-4-15(12-16)18-6-1-2-11-22-18/h1-12,19H,13,24H2. The first-order valence-electron chi connectivity index (χ1n) is 7.71.